The molecular weight excluding hydrogens is 370 g/mol. The SMILES string of the molecule is CCCn1nc(CS)nc1Cc1ccc(-c2ccccc2-c2nnn[nH]2)cc1. The molecule has 0 radical (unpaired) electrons. The fourth-order valence-electron chi connectivity index (χ4n) is 3.21. The minimum Gasteiger partial charge on any atom is -0.249 e. The number of benzene rings is 2. The second kappa shape index (κ2) is 8.35. The number of tetrazole rings is 1. The van der Waals surface area contributed by atoms with Crippen molar-refractivity contribution >= 4 is 12.6 Å². The van der Waals surface area contributed by atoms with Crippen LogP contribution in [0.1, 0.15) is 30.6 Å². The molecule has 4 rings (SSSR count). The molecule has 0 atom stereocenters. The normalized spacial score (nSPS) is 11.1. The summed E-state index contributed by atoms with van der Waals surface area (Å²) in [5.74, 6) is 2.96. The zero-order valence-corrected chi connectivity index (χ0v) is 16.5. The van der Waals surface area contributed by atoms with Gasteiger partial charge in [-0.3, -0.25) is 0 Å². The molecule has 0 bridgehead atoms. The van der Waals surface area contributed by atoms with Crippen LogP contribution in [-0.4, -0.2) is 35.4 Å². The molecule has 7 nitrogen and oxygen atoms in total. The Morgan fingerprint density at radius 2 is 1.82 bits per heavy atom. The zero-order chi connectivity index (χ0) is 19.3. The molecule has 28 heavy (non-hydrogen) atoms. The van der Waals surface area contributed by atoms with E-state index < -0.39 is 0 Å². The molecule has 0 spiro atoms. The summed E-state index contributed by atoms with van der Waals surface area (Å²) >= 11 is 4.30. The molecular formula is C20H21N7S. The van der Waals surface area contributed by atoms with Crippen molar-refractivity contribution in [3.8, 4) is 22.5 Å². The van der Waals surface area contributed by atoms with Crippen molar-refractivity contribution in [2.45, 2.75) is 32.1 Å². The molecule has 1 N–H and O–H groups in total. The molecule has 0 saturated heterocycles. The Labute approximate surface area is 168 Å². The molecule has 0 fully saturated rings. The van der Waals surface area contributed by atoms with Gasteiger partial charge in [0.25, 0.3) is 0 Å². The van der Waals surface area contributed by atoms with E-state index in [4.69, 9.17) is 0 Å². The van der Waals surface area contributed by atoms with E-state index in [1.165, 1.54) is 5.56 Å². The lowest BCUT2D eigenvalue weighted by Gasteiger charge is -2.09. The molecule has 8 heteroatoms. The lowest BCUT2D eigenvalue weighted by molar-refractivity contribution is 0.573. The lowest BCUT2D eigenvalue weighted by atomic mass is 9.98. The maximum Gasteiger partial charge on any atom is 0.180 e. The first-order chi connectivity index (χ1) is 13.8. The average molecular weight is 392 g/mol. The first-order valence-electron chi connectivity index (χ1n) is 9.24. The van der Waals surface area contributed by atoms with Crippen molar-refractivity contribution in [1.29, 1.82) is 0 Å². The van der Waals surface area contributed by atoms with Crippen LogP contribution in [0, 0.1) is 0 Å². The second-order valence-electron chi connectivity index (χ2n) is 6.49. The Morgan fingerprint density at radius 1 is 1.04 bits per heavy atom. The van der Waals surface area contributed by atoms with Crippen molar-refractivity contribution in [3.63, 3.8) is 0 Å². The highest BCUT2D eigenvalue weighted by Crippen LogP contribution is 2.29. The molecule has 2 heterocycles. The highest BCUT2D eigenvalue weighted by molar-refractivity contribution is 7.79. The van der Waals surface area contributed by atoms with Gasteiger partial charge in [0, 0.05) is 18.5 Å². The molecule has 2 aromatic heterocycles. The summed E-state index contributed by atoms with van der Waals surface area (Å²) in [5.41, 5.74) is 4.36. The Morgan fingerprint density at radius 3 is 2.50 bits per heavy atom. The van der Waals surface area contributed by atoms with E-state index in [1.54, 1.807) is 0 Å². The molecule has 0 unspecified atom stereocenters. The van der Waals surface area contributed by atoms with E-state index in [0.29, 0.717) is 11.6 Å². The van der Waals surface area contributed by atoms with Gasteiger partial charge in [0.05, 0.1) is 5.75 Å². The van der Waals surface area contributed by atoms with Gasteiger partial charge >= 0.3 is 0 Å². The molecule has 142 valence electrons. The van der Waals surface area contributed by atoms with Crippen LogP contribution < -0.4 is 0 Å². The van der Waals surface area contributed by atoms with Crippen LogP contribution in [0.5, 0.6) is 0 Å². The summed E-state index contributed by atoms with van der Waals surface area (Å²) < 4.78 is 1.99. The third kappa shape index (κ3) is 3.82. The average Bonchev–Trinajstić information content (AvgIpc) is 3.39. The van der Waals surface area contributed by atoms with Gasteiger partial charge < -0.3 is 0 Å². The molecule has 0 aliphatic heterocycles. The maximum atomic E-state index is 4.62. The monoisotopic (exact) mass is 391 g/mol. The van der Waals surface area contributed by atoms with Crippen LogP contribution in [-0.2, 0) is 18.7 Å². The van der Waals surface area contributed by atoms with Gasteiger partial charge in [-0.15, -0.1) is 5.10 Å². The Balaban J connectivity index is 1.60. The van der Waals surface area contributed by atoms with Gasteiger partial charge in [-0.1, -0.05) is 55.5 Å². The van der Waals surface area contributed by atoms with Gasteiger partial charge in [-0.25, -0.2) is 14.8 Å². The van der Waals surface area contributed by atoms with E-state index in [-0.39, 0.29) is 0 Å². The van der Waals surface area contributed by atoms with E-state index in [9.17, 15) is 0 Å². The number of hydrogen-bond acceptors (Lipinski definition) is 6. The predicted molar refractivity (Wildman–Crippen MR) is 111 cm³/mol. The fourth-order valence-corrected chi connectivity index (χ4v) is 3.35. The third-order valence-corrected chi connectivity index (χ3v) is 4.81. The number of thiol groups is 1. The van der Waals surface area contributed by atoms with Crippen LogP contribution in [0.25, 0.3) is 22.5 Å². The summed E-state index contributed by atoms with van der Waals surface area (Å²) in [6, 6.07) is 16.6. The number of nitrogens with zero attached hydrogens (tertiary/aromatic N) is 6. The number of rotatable bonds is 7. The van der Waals surface area contributed by atoms with Crippen molar-refractivity contribution < 1.29 is 0 Å². The fraction of sp³-hybridized carbons (Fsp3) is 0.250. The van der Waals surface area contributed by atoms with Crippen molar-refractivity contribution in [2.24, 2.45) is 0 Å². The molecule has 2 aromatic carbocycles. The van der Waals surface area contributed by atoms with E-state index in [2.05, 4.69) is 80.6 Å². The number of hydrogen-bond donors (Lipinski definition) is 2. The molecule has 4 aromatic rings. The van der Waals surface area contributed by atoms with Crippen molar-refractivity contribution in [2.75, 3.05) is 0 Å². The topological polar surface area (TPSA) is 85.2 Å². The minimum atomic E-state index is 0.552. The van der Waals surface area contributed by atoms with Gasteiger partial charge in [0.15, 0.2) is 11.6 Å². The van der Waals surface area contributed by atoms with Gasteiger partial charge in [0.1, 0.15) is 5.82 Å². The molecule has 0 saturated carbocycles. The molecule has 0 amide bonds. The summed E-state index contributed by atoms with van der Waals surface area (Å²) in [5, 5.41) is 18.8. The summed E-state index contributed by atoms with van der Waals surface area (Å²) in [6.07, 6.45) is 1.77. The molecule has 0 aliphatic carbocycles. The van der Waals surface area contributed by atoms with Crippen molar-refractivity contribution in [1.82, 2.24) is 35.4 Å². The zero-order valence-electron chi connectivity index (χ0n) is 15.6. The first-order valence-corrected chi connectivity index (χ1v) is 9.87. The molecule has 0 aliphatic rings. The lowest BCUT2D eigenvalue weighted by Crippen LogP contribution is -2.06. The van der Waals surface area contributed by atoms with E-state index >= 15 is 0 Å². The quantitative estimate of drug-likeness (QED) is 0.471. The smallest absolute Gasteiger partial charge is 0.180 e. The first kappa shape index (κ1) is 18.4. The Kier molecular flexibility index (Phi) is 5.48. The Hall–Kier alpha value is -3.00. The largest absolute Gasteiger partial charge is 0.249 e. The van der Waals surface area contributed by atoms with Gasteiger partial charge in [0.2, 0.25) is 0 Å². The van der Waals surface area contributed by atoms with Gasteiger partial charge in [-0.2, -0.15) is 17.7 Å². The summed E-state index contributed by atoms with van der Waals surface area (Å²) in [7, 11) is 0. The number of aromatic nitrogens is 7. The highest BCUT2D eigenvalue weighted by atomic mass is 32.1. The van der Waals surface area contributed by atoms with Gasteiger partial charge in [-0.05, 0) is 33.5 Å². The minimum absolute atomic E-state index is 0.552. The van der Waals surface area contributed by atoms with Crippen molar-refractivity contribution in [3.05, 3.63) is 65.7 Å². The maximum absolute atomic E-state index is 4.62. The van der Waals surface area contributed by atoms with Crippen LogP contribution in [0.2, 0.25) is 0 Å². The summed E-state index contributed by atoms with van der Waals surface area (Å²) in [4.78, 5) is 4.62. The Bertz CT molecular complexity index is 1040. The van der Waals surface area contributed by atoms with Crippen LogP contribution in [0.3, 0.4) is 0 Å². The van der Waals surface area contributed by atoms with E-state index in [1.807, 2.05) is 22.9 Å². The third-order valence-electron chi connectivity index (χ3n) is 4.52. The van der Waals surface area contributed by atoms with Crippen LogP contribution in [0.4, 0.5) is 0 Å². The standard InChI is InChI=1S/C20H21N7S/c1-2-11-27-19(21-18(13-28)24-27)12-14-7-9-15(10-8-14)16-5-3-4-6-17(16)20-22-25-26-23-20/h3-10,28H,2,11-13H2,1H3,(H,22,23,25,26). The van der Waals surface area contributed by atoms with Crippen LogP contribution >= 0.6 is 12.6 Å². The summed E-state index contributed by atoms with van der Waals surface area (Å²) in [6.45, 7) is 3.01. The van der Waals surface area contributed by atoms with E-state index in [0.717, 1.165) is 47.7 Å². The second-order valence-corrected chi connectivity index (χ2v) is 6.81. The number of H-pyrrole nitrogens is 1. The number of aromatic amines is 1. The highest BCUT2D eigenvalue weighted by Gasteiger charge is 2.12. The predicted octanol–water partition coefficient (Wildman–Crippen LogP) is 3.56. The number of aryl methyl sites for hydroxylation is 1. The van der Waals surface area contributed by atoms with Crippen LogP contribution in [0.15, 0.2) is 48.5 Å². The number of nitrogens with one attached hydrogen (secondary N) is 1.